The molecular weight excluding hydrogens is 330 g/mol. The van der Waals surface area contributed by atoms with Crippen molar-refractivity contribution < 1.29 is 0 Å². The van der Waals surface area contributed by atoms with Crippen LogP contribution in [0.3, 0.4) is 0 Å². The number of pyridine rings is 1. The maximum Gasteiger partial charge on any atom is 0.0799 e. The molecule has 26 heavy (non-hydrogen) atoms. The van der Waals surface area contributed by atoms with Gasteiger partial charge < -0.3 is 0 Å². The normalized spacial score (nSPS) is 16.2. The molecule has 2 heteroatoms. The lowest BCUT2D eigenvalue weighted by molar-refractivity contribution is 0.443. The van der Waals surface area contributed by atoms with Gasteiger partial charge in [-0.3, -0.25) is 4.98 Å². The second-order valence-electron chi connectivity index (χ2n) is 9.53. The first-order valence-corrected chi connectivity index (χ1v) is 13.9. The van der Waals surface area contributed by atoms with Gasteiger partial charge in [-0.05, 0) is 53.5 Å². The Balaban J connectivity index is 1.88. The van der Waals surface area contributed by atoms with Crippen LogP contribution in [-0.2, 0) is 6.42 Å². The topological polar surface area (TPSA) is 12.9 Å². The van der Waals surface area contributed by atoms with E-state index in [0.29, 0.717) is 5.92 Å². The van der Waals surface area contributed by atoms with Crippen molar-refractivity contribution in [3.05, 3.63) is 47.7 Å². The Kier molecular flexibility index (Phi) is 6.02. The van der Waals surface area contributed by atoms with Gasteiger partial charge >= 0.3 is 0 Å². The average molecular weight is 366 g/mol. The summed E-state index contributed by atoms with van der Waals surface area (Å²) >= 11 is 0. The maximum absolute atomic E-state index is 4.86. The van der Waals surface area contributed by atoms with Crippen LogP contribution in [0, 0.1) is 5.92 Å². The van der Waals surface area contributed by atoms with Gasteiger partial charge in [0.2, 0.25) is 0 Å². The quantitative estimate of drug-likeness (QED) is 0.548. The van der Waals surface area contributed by atoms with Crippen LogP contribution >= 0.6 is 0 Å². The van der Waals surface area contributed by atoms with Crippen molar-refractivity contribution in [2.75, 3.05) is 0 Å². The summed E-state index contributed by atoms with van der Waals surface area (Å²) in [5, 5.41) is 1.52. The summed E-state index contributed by atoms with van der Waals surface area (Å²) in [7, 11) is -1.36. The zero-order valence-corrected chi connectivity index (χ0v) is 18.3. The van der Waals surface area contributed by atoms with Crippen molar-refractivity contribution in [3.63, 3.8) is 0 Å². The number of benzene rings is 1. The lowest BCUT2D eigenvalue weighted by Gasteiger charge is -2.23. The standard InChI is InChI=1S/C24H35NSi/c1-18(2)15-22-16-23(25-17-24(22)26(3,4)5)21-13-11-20(12-14-21)19-9-7-6-8-10-19/h11-14,16-19H,6-10,15H2,1-5H3. The minimum Gasteiger partial charge on any atom is -0.256 e. The highest BCUT2D eigenvalue weighted by atomic mass is 28.3. The van der Waals surface area contributed by atoms with Gasteiger partial charge in [-0.1, -0.05) is 77.0 Å². The Morgan fingerprint density at radius 2 is 1.65 bits per heavy atom. The van der Waals surface area contributed by atoms with Gasteiger partial charge in [0.25, 0.3) is 0 Å². The van der Waals surface area contributed by atoms with Gasteiger partial charge in [0, 0.05) is 11.8 Å². The largest absolute Gasteiger partial charge is 0.256 e. The van der Waals surface area contributed by atoms with Gasteiger partial charge in [-0.15, -0.1) is 0 Å². The number of rotatable bonds is 5. The predicted octanol–water partition coefficient (Wildman–Crippen LogP) is 6.54. The zero-order valence-electron chi connectivity index (χ0n) is 17.3. The first-order chi connectivity index (χ1) is 12.3. The van der Waals surface area contributed by atoms with E-state index in [9.17, 15) is 0 Å². The van der Waals surface area contributed by atoms with Crippen molar-refractivity contribution in [3.8, 4) is 11.3 Å². The minimum absolute atomic E-state index is 0.675. The summed E-state index contributed by atoms with van der Waals surface area (Å²) < 4.78 is 0. The highest BCUT2D eigenvalue weighted by Gasteiger charge is 2.22. The summed E-state index contributed by atoms with van der Waals surface area (Å²) in [6.07, 6.45) is 10.3. The Bertz CT molecular complexity index is 719. The molecule has 0 radical (unpaired) electrons. The van der Waals surface area contributed by atoms with E-state index in [1.807, 2.05) is 0 Å². The fourth-order valence-corrected chi connectivity index (χ4v) is 5.89. The van der Waals surface area contributed by atoms with Crippen LogP contribution in [0.4, 0.5) is 0 Å². The first-order valence-electron chi connectivity index (χ1n) is 10.4. The smallest absolute Gasteiger partial charge is 0.0799 e. The summed E-state index contributed by atoms with van der Waals surface area (Å²) in [6.45, 7) is 11.9. The molecule has 0 bridgehead atoms. The third kappa shape index (κ3) is 4.65. The van der Waals surface area contributed by atoms with Crippen LogP contribution in [-0.4, -0.2) is 13.1 Å². The highest BCUT2D eigenvalue weighted by molar-refractivity contribution is 6.89. The Labute approximate surface area is 161 Å². The van der Waals surface area contributed by atoms with Crippen molar-refractivity contribution >= 4 is 13.3 Å². The molecule has 140 valence electrons. The van der Waals surface area contributed by atoms with E-state index in [1.165, 1.54) is 54.0 Å². The SMILES string of the molecule is CC(C)Cc1cc(-c2ccc(C3CCCCC3)cc2)ncc1[Si](C)(C)C. The molecule has 1 fully saturated rings. The van der Waals surface area contributed by atoms with E-state index >= 15 is 0 Å². The van der Waals surface area contributed by atoms with Crippen molar-refractivity contribution in [1.29, 1.82) is 0 Å². The second kappa shape index (κ2) is 8.08. The third-order valence-corrected chi connectivity index (χ3v) is 7.78. The van der Waals surface area contributed by atoms with Crippen LogP contribution < -0.4 is 5.19 Å². The van der Waals surface area contributed by atoms with Gasteiger partial charge in [0.1, 0.15) is 0 Å². The average Bonchev–Trinajstić information content (AvgIpc) is 2.61. The van der Waals surface area contributed by atoms with Crippen molar-refractivity contribution in [1.82, 2.24) is 4.98 Å². The lowest BCUT2D eigenvalue weighted by atomic mass is 9.84. The number of hydrogen-bond donors (Lipinski definition) is 0. The molecule has 0 amide bonds. The minimum atomic E-state index is -1.36. The van der Waals surface area contributed by atoms with Gasteiger partial charge in [0.15, 0.2) is 0 Å². The van der Waals surface area contributed by atoms with Gasteiger partial charge in [-0.25, -0.2) is 0 Å². The fourth-order valence-electron chi connectivity index (χ4n) is 4.30. The molecular formula is C24H35NSi. The number of hydrogen-bond acceptors (Lipinski definition) is 1. The molecule has 0 spiro atoms. The molecule has 1 aromatic heterocycles. The molecule has 1 heterocycles. The van der Waals surface area contributed by atoms with Crippen molar-refractivity contribution in [2.45, 2.75) is 77.9 Å². The summed E-state index contributed by atoms with van der Waals surface area (Å²) in [6, 6.07) is 11.6. The Morgan fingerprint density at radius 1 is 1.00 bits per heavy atom. The molecule has 0 N–H and O–H groups in total. The number of aromatic nitrogens is 1. The van der Waals surface area contributed by atoms with Gasteiger partial charge in [-0.2, -0.15) is 0 Å². The summed E-state index contributed by atoms with van der Waals surface area (Å²) in [5.41, 5.74) is 5.43. The molecule has 1 nitrogen and oxygen atoms in total. The zero-order chi connectivity index (χ0) is 18.7. The van der Waals surface area contributed by atoms with Crippen LogP contribution in [0.25, 0.3) is 11.3 Å². The van der Waals surface area contributed by atoms with Crippen molar-refractivity contribution in [2.24, 2.45) is 5.92 Å². The van der Waals surface area contributed by atoms with Crippen LogP contribution in [0.5, 0.6) is 0 Å². The summed E-state index contributed by atoms with van der Waals surface area (Å²) in [5.74, 6) is 1.45. The Morgan fingerprint density at radius 3 is 2.23 bits per heavy atom. The molecule has 1 aliphatic carbocycles. The van der Waals surface area contributed by atoms with Gasteiger partial charge in [0.05, 0.1) is 13.8 Å². The molecule has 0 saturated heterocycles. The molecule has 0 aliphatic heterocycles. The second-order valence-corrected chi connectivity index (χ2v) is 14.6. The monoisotopic (exact) mass is 365 g/mol. The fraction of sp³-hybridized carbons (Fsp3) is 0.542. The molecule has 2 aromatic rings. The maximum atomic E-state index is 4.86. The van der Waals surface area contributed by atoms with Crippen LogP contribution in [0.1, 0.15) is 63.0 Å². The van der Waals surface area contributed by atoms with E-state index < -0.39 is 8.07 Å². The molecule has 1 saturated carbocycles. The van der Waals surface area contributed by atoms with E-state index in [2.05, 4.69) is 70.0 Å². The number of nitrogens with zero attached hydrogens (tertiary/aromatic N) is 1. The molecule has 0 unspecified atom stereocenters. The lowest BCUT2D eigenvalue weighted by Crippen LogP contribution is -2.40. The predicted molar refractivity (Wildman–Crippen MR) is 117 cm³/mol. The van der Waals surface area contributed by atoms with E-state index in [1.54, 1.807) is 0 Å². The highest BCUT2D eigenvalue weighted by Crippen LogP contribution is 2.33. The molecule has 3 rings (SSSR count). The van der Waals surface area contributed by atoms with E-state index in [4.69, 9.17) is 4.98 Å². The van der Waals surface area contributed by atoms with E-state index in [-0.39, 0.29) is 0 Å². The molecule has 1 aromatic carbocycles. The first kappa shape index (κ1) is 19.4. The van der Waals surface area contributed by atoms with Crippen LogP contribution in [0.2, 0.25) is 19.6 Å². The molecule has 1 aliphatic rings. The van der Waals surface area contributed by atoms with Crippen LogP contribution in [0.15, 0.2) is 36.5 Å². The molecule has 0 atom stereocenters. The third-order valence-electron chi connectivity index (χ3n) is 5.71. The summed E-state index contributed by atoms with van der Waals surface area (Å²) in [4.78, 5) is 4.86. The van der Waals surface area contributed by atoms with E-state index in [0.717, 1.165) is 18.0 Å². The Hall–Kier alpha value is -1.41.